The van der Waals surface area contributed by atoms with Crippen LogP contribution in [0.3, 0.4) is 0 Å². The van der Waals surface area contributed by atoms with E-state index in [0.29, 0.717) is 25.9 Å². The predicted octanol–water partition coefficient (Wildman–Crippen LogP) is 0.760. The van der Waals surface area contributed by atoms with Gasteiger partial charge in [-0.1, -0.05) is 0 Å². The molecule has 0 spiro atoms. The van der Waals surface area contributed by atoms with Crippen molar-refractivity contribution in [3.8, 4) is 0 Å². The zero-order chi connectivity index (χ0) is 14.0. The Morgan fingerprint density at radius 2 is 1.89 bits per heavy atom. The lowest BCUT2D eigenvalue weighted by Gasteiger charge is -2.43. The van der Waals surface area contributed by atoms with Crippen LogP contribution in [0, 0.1) is 0 Å². The number of carbonyl (C=O) groups excluding carboxylic acids is 2. The van der Waals surface area contributed by atoms with E-state index < -0.39 is 11.3 Å². The molecule has 1 heterocycles. The lowest BCUT2D eigenvalue weighted by molar-refractivity contribution is -0.123. The summed E-state index contributed by atoms with van der Waals surface area (Å²) in [5, 5.41) is 0. The van der Waals surface area contributed by atoms with E-state index in [2.05, 4.69) is 0 Å². The number of hydrogen-bond acceptors (Lipinski definition) is 4. The minimum absolute atomic E-state index is 0.321. The zero-order valence-corrected chi connectivity index (χ0v) is 11.6. The maximum absolute atomic E-state index is 11.8. The summed E-state index contributed by atoms with van der Waals surface area (Å²) in [4.78, 5) is 25.7. The number of amides is 2. The van der Waals surface area contributed by atoms with E-state index in [-0.39, 0.29) is 6.09 Å². The highest BCUT2D eigenvalue weighted by Gasteiger charge is 2.36. The van der Waals surface area contributed by atoms with E-state index in [9.17, 15) is 9.59 Å². The molecule has 2 N–H and O–H groups in total. The van der Waals surface area contributed by atoms with E-state index in [0.717, 1.165) is 6.41 Å². The van der Waals surface area contributed by atoms with Crippen molar-refractivity contribution in [2.45, 2.75) is 44.9 Å². The number of carbonyl (C=O) groups is 2. The third-order valence-corrected chi connectivity index (χ3v) is 3.14. The summed E-state index contributed by atoms with van der Waals surface area (Å²) < 4.78 is 5.30. The summed E-state index contributed by atoms with van der Waals surface area (Å²) in [6.07, 6.45) is 1.52. The molecule has 2 amide bonds. The molecule has 0 aliphatic carbocycles. The second kappa shape index (κ2) is 5.14. The molecule has 1 aliphatic rings. The van der Waals surface area contributed by atoms with Crippen molar-refractivity contribution in [1.29, 1.82) is 0 Å². The van der Waals surface area contributed by atoms with Crippen molar-refractivity contribution in [2.24, 2.45) is 5.73 Å². The monoisotopic (exact) mass is 257 g/mol. The average molecular weight is 257 g/mol. The summed E-state index contributed by atoms with van der Waals surface area (Å²) >= 11 is 0. The first-order chi connectivity index (χ1) is 8.18. The van der Waals surface area contributed by atoms with Gasteiger partial charge in [0.1, 0.15) is 5.60 Å². The molecule has 0 unspecified atom stereocenters. The zero-order valence-electron chi connectivity index (χ0n) is 11.6. The number of nitrogens with two attached hydrogens (primary N) is 1. The first-order valence-electron chi connectivity index (χ1n) is 6.13. The molecule has 0 atom stereocenters. The third-order valence-electron chi connectivity index (χ3n) is 3.14. The normalized spacial score (nSPS) is 19.3. The molecule has 6 nitrogen and oxygen atoms in total. The predicted molar refractivity (Wildman–Crippen MR) is 67.8 cm³/mol. The van der Waals surface area contributed by atoms with Crippen LogP contribution >= 0.6 is 0 Å². The summed E-state index contributed by atoms with van der Waals surface area (Å²) in [5.74, 6) is 0. The van der Waals surface area contributed by atoms with Gasteiger partial charge in [-0.15, -0.1) is 0 Å². The number of hydrogen-bond donors (Lipinski definition) is 1. The average Bonchev–Trinajstić information content (AvgIpc) is 2.26. The minimum atomic E-state index is -0.653. The van der Waals surface area contributed by atoms with Gasteiger partial charge in [-0.3, -0.25) is 4.79 Å². The van der Waals surface area contributed by atoms with Crippen molar-refractivity contribution >= 4 is 12.5 Å². The standard InChI is InChI=1S/C12H23N3O3/c1-11(2,3)18-10(17)15-7-5-12(13,6-8-15)14(4)9-16/h9H,5-8,13H2,1-4H3. The van der Waals surface area contributed by atoms with Gasteiger partial charge in [-0.2, -0.15) is 0 Å². The minimum Gasteiger partial charge on any atom is -0.444 e. The van der Waals surface area contributed by atoms with Gasteiger partial charge in [0.2, 0.25) is 6.41 Å². The molecule has 1 aliphatic heterocycles. The highest BCUT2D eigenvalue weighted by Crippen LogP contribution is 2.23. The van der Waals surface area contributed by atoms with Crippen LogP contribution in [-0.2, 0) is 9.53 Å². The van der Waals surface area contributed by atoms with Crippen molar-refractivity contribution in [1.82, 2.24) is 9.80 Å². The van der Waals surface area contributed by atoms with E-state index in [1.807, 2.05) is 20.8 Å². The number of piperidine rings is 1. The molecule has 104 valence electrons. The largest absolute Gasteiger partial charge is 0.444 e. The Kier molecular flexibility index (Phi) is 4.21. The summed E-state index contributed by atoms with van der Waals surface area (Å²) in [6.45, 7) is 6.51. The van der Waals surface area contributed by atoms with Gasteiger partial charge >= 0.3 is 6.09 Å². The topological polar surface area (TPSA) is 75.9 Å². The SMILES string of the molecule is CN(C=O)C1(N)CCN(C(=O)OC(C)(C)C)CC1. The van der Waals surface area contributed by atoms with Gasteiger partial charge < -0.3 is 20.3 Å². The number of rotatable bonds is 2. The van der Waals surface area contributed by atoms with Crippen molar-refractivity contribution in [3.63, 3.8) is 0 Å². The Morgan fingerprint density at radius 1 is 1.39 bits per heavy atom. The molecule has 6 heteroatoms. The van der Waals surface area contributed by atoms with Crippen LogP contribution < -0.4 is 5.73 Å². The molecule has 1 saturated heterocycles. The van der Waals surface area contributed by atoms with Gasteiger partial charge in [-0.05, 0) is 20.8 Å². The molecule has 1 fully saturated rings. The third kappa shape index (κ3) is 3.60. The summed E-state index contributed by atoms with van der Waals surface area (Å²) in [5.41, 5.74) is 4.97. The molecule has 0 bridgehead atoms. The Balaban J connectivity index is 2.54. The molecule has 1 rings (SSSR count). The number of likely N-dealkylation sites (tertiary alicyclic amines) is 1. The lowest BCUT2D eigenvalue weighted by Crippen LogP contribution is -2.60. The molecular weight excluding hydrogens is 234 g/mol. The van der Waals surface area contributed by atoms with Crippen LogP contribution in [0.1, 0.15) is 33.6 Å². The smallest absolute Gasteiger partial charge is 0.410 e. The van der Waals surface area contributed by atoms with Crippen LogP contribution in [0.5, 0.6) is 0 Å². The Labute approximate surface area is 108 Å². The Hall–Kier alpha value is -1.30. The number of nitrogens with zero attached hydrogens (tertiary/aromatic N) is 2. The van der Waals surface area contributed by atoms with E-state index >= 15 is 0 Å². The Bertz CT molecular complexity index is 317. The van der Waals surface area contributed by atoms with Crippen molar-refractivity contribution < 1.29 is 14.3 Å². The Morgan fingerprint density at radius 3 is 2.28 bits per heavy atom. The van der Waals surface area contributed by atoms with Crippen LogP contribution in [-0.4, -0.2) is 53.7 Å². The second-order valence-electron chi connectivity index (χ2n) is 5.79. The highest BCUT2D eigenvalue weighted by atomic mass is 16.6. The summed E-state index contributed by atoms with van der Waals surface area (Å²) in [6, 6.07) is 0. The van der Waals surface area contributed by atoms with E-state index in [4.69, 9.17) is 10.5 Å². The molecule has 0 radical (unpaired) electrons. The van der Waals surface area contributed by atoms with E-state index in [1.165, 1.54) is 4.90 Å². The fourth-order valence-electron chi connectivity index (χ4n) is 1.86. The highest BCUT2D eigenvalue weighted by molar-refractivity contribution is 5.68. The molecule has 0 aromatic carbocycles. The fraction of sp³-hybridized carbons (Fsp3) is 0.833. The first-order valence-corrected chi connectivity index (χ1v) is 6.13. The molecule has 0 aromatic rings. The maximum atomic E-state index is 11.8. The molecule has 0 aromatic heterocycles. The van der Waals surface area contributed by atoms with Crippen LogP contribution in [0.2, 0.25) is 0 Å². The van der Waals surface area contributed by atoms with Gasteiger partial charge in [0, 0.05) is 33.0 Å². The van der Waals surface area contributed by atoms with Crippen LogP contribution in [0.25, 0.3) is 0 Å². The van der Waals surface area contributed by atoms with E-state index in [1.54, 1.807) is 11.9 Å². The molecule has 0 saturated carbocycles. The van der Waals surface area contributed by atoms with Gasteiger partial charge in [0.05, 0.1) is 5.66 Å². The quantitative estimate of drug-likeness (QED) is 0.585. The summed E-state index contributed by atoms with van der Waals surface area (Å²) in [7, 11) is 1.66. The van der Waals surface area contributed by atoms with Crippen molar-refractivity contribution in [2.75, 3.05) is 20.1 Å². The maximum Gasteiger partial charge on any atom is 0.410 e. The first kappa shape index (κ1) is 14.8. The molecule has 18 heavy (non-hydrogen) atoms. The van der Waals surface area contributed by atoms with Gasteiger partial charge in [0.25, 0.3) is 0 Å². The van der Waals surface area contributed by atoms with Crippen LogP contribution in [0.15, 0.2) is 0 Å². The van der Waals surface area contributed by atoms with Crippen LogP contribution in [0.4, 0.5) is 4.79 Å². The van der Waals surface area contributed by atoms with Gasteiger partial charge in [0.15, 0.2) is 0 Å². The van der Waals surface area contributed by atoms with Crippen molar-refractivity contribution in [3.05, 3.63) is 0 Å². The van der Waals surface area contributed by atoms with Gasteiger partial charge in [-0.25, -0.2) is 4.79 Å². The second-order valence-corrected chi connectivity index (χ2v) is 5.79. The molecular formula is C12H23N3O3. The lowest BCUT2D eigenvalue weighted by atomic mass is 9.97. The fourth-order valence-corrected chi connectivity index (χ4v) is 1.86. The number of ether oxygens (including phenoxy) is 1.